The van der Waals surface area contributed by atoms with Gasteiger partial charge in [0.15, 0.2) is 0 Å². The van der Waals surface area contributed by atoms with Gasteiger partial charge in [-0.3, -0.25) is 14.4 Å². The van der Waals surface area contributed by atoms with Crippen molar-refractivity contribution in [2.45, 2.75) is 25.8 Å². The molecule has 0 aliphatic carbocycles. The molecule has 2 heterocycles. The maximum Gasteiger partial charge on any atom is 0.312 e. The first-order chi connectivity index (χ1) is 13.0. The fourth-order valence-corrected chi connectivity index (χ4v) is 4.02. The topological polar surface area (TPSA) is 77.9 Å². The first-order valence-electron chi connectivity index (χ1n) is 8.96. The number of carboxylic acids is 1. The number of anilines is 1. The van der Waals surface area contributed by atoms with Crippen LogP contribution in [-0.2, 0) is 22.6 Å². The summed E-state index contributed by atoms with van der Waals surface area (Å²) in [6.45, 7) is 2.71. The van der Waals surface area contributed by atoms with E-state index in [9.17, 15) is 19.5 Å². The van der Waals surface area contributed by atoms with Gasteiger partial charge in [0.05, 0.1) is 5.92 Å². The second kappa shape index (κ2) is 6.54. The summed E-state index contributed by atoms with van der Waals surface area (Å²) in [4.78, 5) is 39.7. The monoisotopic (exact) mass is 364 g/mol. The lowest BCUT2D eigenvalue weighted by Crippen LogP contribution is -2.40. The SMILES string of the molecule is CC(=O)N1CCc2cc(C(=O)N3Cc4ccccc4C(C(=O)O)C3)ccc21. The largest absolute Gasteiger partial charge is 0.481 e. The molecule has 27 heavy (non-hydrogen) atoms. The van der Waals surface area contributed by atoms with Crippen LogP contribution >= 0.6 is 0 Å². The molecule has 0 aromatic heterocycles. The number of aliphatic carboxylic acids is 1. The van der Waals surface area contributed by atoms with Crippen molar-refractivity contribution in [1.29, 1.82) is 0 Å². The van der Waals surface area contributed by atoms with Gasteiger partial charge in [0.1, 0.15) is 0 Å². The molecule has 0 saturated carbocycles. The van der Waals surface area contributed by atoms with Gasteiger partial charge in [-0.25, -0.2) is 0 Å². The molecule has 0 radical (unpaired) electrons. The second-order valence-electron chi connectivity index (χ2n) is 7.04. The van der Waals surface area contributed by atoms with Crippen LogP contribution in [-0.4, -0.2) is 40.9 Å². The smallest absolute Gasteiger partial charge is 0.312 e. The molecule has 1 atom stereocenters. The minimum Gasteiger partial charge on any atom is -0.481 e. The minimum atomic E-state index is -0.925. The number of rotatable bonds is 2. The van der Waals surface area contributed by atoms with Crippen LogP contribution in [0.1, 0.15) is 39.9 Å². The average molecular weight is 364 g/mol. The van der Waals surface area contributed by atoms with Crippen molar-refractivity contribution < 1.29 is 19.5 Å². The van der Waals surface area contributed by atoms with E-state index in [4.69, 9.17) is 0 Å². The fourth-order valence-electron chi connectivity index (χ4n) is 4.02. The number of hydrogen-bond donors (Lipinski definition) is 1. The highest BCUT2D eigenvalue weighted by molar-refractivity contribution is 5.98. The Morgan fingerprint density at radius 2 is 1.85 bits per heavy atom. The van der Waals surface area contributed by atoms with E-state index >= 15 is 0 Å². The van der Waals surface area contributed by atoms with Crippen LogP contribution in [0.15, 0.2) is 42.5 Å². The molecule has 0 saturated heterocycles. The Balaban J connectivity index is 1.62. The number of amides is 2. The van der Waals surface area contributed by atoms with Crippen LogP contribution in [0.25, 0.3) is 0 Å². The molecule has 6 heteroatoms. The molecule has 0 bridgehead atoms. The highest BCUT2D eigenvalue weighted by atomic mass is 16.4. The van der Waals surface area contributed by atoms with Crippen LogP contribution < -0.4 is 4.90 Å². The maximum absolute atomic E-state index is 13.0. The fraction of sp³-hybridized carbons (Fsp3) is 0.286. The predicted octanol–water partition coefficient (Wildman–Crippen LogP) is 2.42. The normalized spacial score (nSPS) is 18.0. The number of carbonyl (C=O) groups excluding carboxylic acids is 2. The van der Waals surface area contributed by atoms with Crippen molar-refractivity contribution in [3.05, 3.63) is 64.7 Å². The van der Waals surface area contributed by atoms with Gasteiger partial charge in [-0.15, -0.1) is 0 Å². The Labute approximate surface area is 157 Å². The molecular formula is C21H20N2O4. The van der Waals surface area contributed by atoms with Crippen molar-refractivity contribution in [2.75, 3.05) is 18.0 Å². The number of carbonyl (C=O) groups is 3. The summed E-state index contributed by atoms with van der Waals surface area (Å²) in [5.41, 5.74) is 4.01. The zero-order valence-corrected chi connectivity index (χ0v) is 15.0. The number of hydrogen-bond acceptors (Lipinski definition) is 3. The van der Waals surface area contributed by atoms with Crippen molar-refractivity contribution in [1.82, 2.24) is 4.90 Å². The molecule has 0 fully saturated rings. The molecule has 4 rings (SSSR count). The Hall–Kier alpha value is -3.15. The molecule has 2 aliphatic heterocycles. The van der Waals surface area contributed by atoms with E-state index in [1.54, 1.807) is 15.9 Å². The summed E-state index contributed by atoms with van der Waals surface area (Å²) >= 11 is 0. The summed E-state index contributed by atoms with van der Waals surface area (Å²) in [6.07, 6.45) is 0.719. The molecule has 1 N–H and O–H groups in total. The highest BCUT2D eigenvalue weighted by Crippen LogP contribution is 2.32. The van der Waals surface area contributed by atoms with Gasteiger partial charge in [0.2, 0.25) is 5.91 Å². The first-order valence-corrected chi connectivity index (χ1v) is 8.96. The zero-order chi connectivity index (χ0) is 19.1. The molecule has 1 unspecified atom stereocenters. The molecule has 138 valence electrons. The minimum absolute atomic E-state index is 0.00948. The van der Waals surface area contributed by atoms with E-state index in [2.05, 4.69) is 0 Å². The first kappa shape index (κ1) is 17.3. The zero-order valence-electron chi connectivity index (χ0n) is 15.0. The van der Waals surface area contributed by atoms with Crippen molar-refractivity contribution in [3.8, 4) is 0 Å². The van der Waals surface area contributed by atoms with Crippen LogP contribution in [0.3, 0.4) is 0 Å². The lowest BCUT2D eigenvalue weighted by molar-refractivity contribution is -0.139. The van der Waals surface area contributed by atoms with Crippen molar-refractivity contribution >= 4 is 23.5 Å². The summed E-state index contributed by atoms with van der Waals surface area (Å²) < 4.78 is 0. The van der Waals surface area contributed by atoms with Gasteiger partial charge in [0.25, 0.3) is 5.91 Å². The van der Waals surface area contributed by atoms with E-state index < -0.39 is 11.9 Å². The summed E-state index contributed by atoms with van der Waals surface area (Å²) in [5.74, 6) is -1.84. The van der Waals surface area contributed by atoms with Gasteiger partial charge in [-0.05, 0) is 41.3 Å². The van der Waals surface area contributed by atoms with Crippen LogP contribution in [0.4, 0.5) is 5.69 Å². The van der Waals surface area contributed by atoms with E-state index in [-0.39, 0.29) is 18.4 Å². The van der Waals surface area contributed by atoms with Crippen LogP contribution in [0.2, 0.25) is 0 Å². The lowest BCUT2D eigenvalue weighted by atomic mass is 9.89. The second-order valence-corrected chi connectivity index (χ2v) is 7.04. The molecule has 2 aromatic carbocycles. The Morgan fingerprint density at radius 1 is 1.07 bits per heavy atom. The standard InChI is InChI=1S/C21H20N2O4/c1-13(24)23-9-8-14-10-15(6-7-19(14)23)20(25)22-11-16-4-2-3-5-17(16)18(12-22)21(26)27/h2-7,10,18H,8-9,11-12H2,1H3,(H,26,27). The van der Waals surface area contributed by atoms with E-state index in [1.807, 2.05) is 36.4 Å². The number of fused-ring (bicyclic) bond motifs is 2. The molecular weight excluding hydrogens is 344 g/mol. The quantitative estimate of drug-likeness (QED) is 0.888. The Kier molecular flexibility index (Phi) is 4.18. The third-order valence-corrected chi connectivity index (χ3v) is 5.38. The maximum atomic E-state index is 13.0. The van der Waals surface area contributed by atoms with Crippen molar-refractivity contribution in [2.24, 2.45) is 0 Å². The molecule has 2 aromatic rings. The third-order valence-electron chi connectivity index (χ3n) is 5.38. The third kappa shape index (κ3) is 2.97. The van der Waals surface area contributed by atoms with Crippen molar-refractivity contribution in [3.63, 3.8) is 0 Å². The average Bonchev–Trinajstić information content (AvgIpc) is 3.09. The number of carboxylic acid groups (broad SMARTS) is 1. The van der Waals surface area contributed by atoms with Gasteiger partial charge in [-0.2, -0.15) is 0 Å². The molecule has 6 nitrogen and oxygen atoms in total. The lowest BCUT2D eigenvalue weighted by Gasteiger charge is -2.33. The Morgan fingerprint density at radius 3 is 2.59 bits per heavy atom. The van der Waals surface area contributed by atoms with Gasteiger partial charge in [-0.1, -0.05) is 24.3 Å². The summed E-state index contributed by atoms with van der Waals surface area (Å²) in [5, 5.41) is 9.59. The van der Waals surface area contributed by atoms with Crippen LogP contribution in [0, 0.1) is 0 Å². The highest BCUT2D eigenvalue weighted by Gasteiger charge is 2.33. The van der Waals surface area contributed by atoms with Gasteiger partial charge >= 0.3 is 5.97 Å². The van der Waals surface area contributed by atoms with Crippen LogP contribution in [0.5, 0.6) is 0 Å². The van der Waals surface area contributed by atoms with E-state index in [0.717, 1.165) is 28.8 Å². The molecule has 0 spiro atoms. The summed E-state index contributed by atoms with van der Waals surface area (Å²) in [7, 11) is 0. The van der Waals surface area contributed by atoms with E-state index in [0.29, 0.717) is 18.7 Å². The molecule has 2 aliphatic rings. The molecule has 2 amide bonds. The Bertz CT molecular complexity index is 953. The number of benzene rings is 2. The number of nitrogens with zero attached hydrogens (tertiary/aromatic N) is 2. The van der Waals surface area contributed by atoms with Gasteiger partial charge in [0, 0.05) is 37.8 Å². The van der Waals surface area contributed by atoms with E-state index in [1.165, 1.54) is 6.92 Å². The predicted molar refractivity (Wildman–Crippen MR) is 99.7 cm³/mol. The summed E-state index contributed by atoms with van der Waals surface area (Å²) in [6, 6.07) is 12.7. The van der Waals surface area contributed by atoms with Gasteiger partial charge < -0.3 is 14.9 Å².